The van der Waals surface area contributed by atoms with Crippen molar-refractivity contribution in [3.05, 3.63) is 65.4 Å². The van der Waals surface area contributed by atoms with Gasteiger partial charge < -0.3 is 9.73 Å². The van der Waals surface area contributed by atoms with E-state index in [1.807, 2.05) is 43.3 Å². The molecule has 98 valence electrons. The van der Waals surface area contributed by atoms with Gasteiger partial charge >= 0.3 is 0 Å². The van der Waals surface area contributed by atoms with Crippen LogP contribution in [0.1, 0.15) is 16.7 Å². The fraction of sp³-hybridized carbons (Fsp3) is 0.118. The Labute approximate surface area is 117 Å². The minimum atomic E-state index is 0.662. The van der Waals surface area contributed by atoms with Crippen LogP contribution in [0, 0.1) is 18.3 Å². The molecule has 0 fully saturated rings. The fourth-order valence-corrected chi connectivity index (χ4v) is 2.24. The van der Waals surface area contributed by atoms with Crippen LogP contribution >= 0.6 is 0 Å². The summed E-state index contributed by atoms with van der Waals surface area (Å²) in [5.74, 6) is 0. The first kappa shape index (κ1) is 12.3. The van der Waals surface area contributed by atoms with Crippen LogP contribution in [0.4, 0.5) is 5.69 Å². The Morgan fingerprint density at radius 1 is 1.20 bits per heavy atom. The molecule has 0 aliphatic rings. The molecular formula is C17H14N2O. The molecular weight excluding hydrogens is 248 g/mol. The number of nitrogens with one attached hydrogen (secondary N) is 1. The zero-order valence-electron chi connectivity index (χ0n) is 11.2. The van der Waals surface area contributed by atoms with Gasteiger partial charge in [-0.15, -0.1) is 0 Å². The topological polar surface area (TPSA) is 49.0 Å². The van der Waals surface area contributed by atoms with Gasteiger partial charge in [0.1, 0.15) is 5.58 Å². The second-order valence-corrected chi connectivity index (χ2v) is 4.75. The molecule has 0 bridgehead atoms. The van der Waals surface area contributed by atoms with E-state index in [0.29, 0.717) is 12.1 Å². The van der Waals surface area contributed by atoms with Crippen LogP contribution in [0.3, 0.4) is 0 Å². The average Bonchev–Trinajstić information content (AvgIpc) is 2.90. The maximum absolute atomic E-state index is 8.95. The molecule has 3 nitrogen and oxygen atoms in total. The van der Waals surface area contributed by atoms with E-state index in [9.17, 15) is 0 Å². The number of nitriles is 1. The first-order chi connectivity index (χ1) is 9.78. The fourth-order valence-electron chi connectivity index (χ4n) is 2.24. The highest BCUT2D eigenvalue weighted by Gasteiger charge is 2.06. The van der Waals surface area contributed by atoms with Gasteiger partial charge in [0, 0.05) is 23.2 Å². The Morgan fingerprint density at radius 3 is 2.90 bits per heavy atom. The van der Waals surface area contributed by atoms with Crippen molar-refractivity contribution < 1.29 is 4.42 Å². The summed E-state index contributed by atoms with van der Waals surface area (Å²) in [6, 6.07) is 15.8. The molecule has 1 N–H and O–H groups in total. The maximum Gasteiger partial charge on any atom is 0.134 e. The van der Waals surface area contributed by atoms with Crippen molar-refractivity contribution in [1.29, 1.82) is 5.26 Å². The monoisotopic (exact) mass is 262 g/mol. The standard InChI is InChI=1S/C17H14N2O/c1-12-6-7-13(9-18)8-16(12)19-10-14-11-20-17-5-3-2-4-15(14)17/h2-8,11,19H,10H2,1H3. The third-order valence-corrected chi connectivity index (χ3v) is 3.40. The Kier molecular flexibility index (Phi) is 3.14. The van der Waals surface area contributed by atoms with Gasteiger partial charge in [-0.3, -0.25) is 0 Å². The lowest BCUT2D eigenvalue weighted by Crippen LogP contribution is -2.00. The SMILES string of the molecule is Cc1ccc(C#N)cc1NCc1coc2ccccc12. The first-order valence-corrected chi connectivity index (χ1v) is 6.47. The van der Waals surface area contributed by atoms with Crippen LogP contribution in [0.2, 0.25) is 0 Å². The molecule has 0 atom stereocenters. The number of hydrogen-bond acceptors (Lipinski definition) is 3. The Balaban J connectivity index is 1.85. The lowest BCUT2D eigenvalue weighted by molar-refractivity contribution is 0.611. The van der Waals surface area contributed by atoms with Gasteiger partial charge in [-0.2, -0.15) is 5.26 Å². The van der Waals surface area contributed by atoms with E-state index < -0.39 is 0 Å². The molecule has 3 aromatic rings. The van der Waals surface area contributed by atoms with E-state index in [4.69, 9.17) is 9.68 Å². The summed E-state index contributed by atoms with van der Waals surface area (Å²) in [5.41, 5.74) is 4.77. The summed E-state index contributed by atoms with van der Waals surface area (Å²) in [6.45, 7) is 2.70. The highest BCUT2D eigenvalue weighted by Crippen LogP contribution is 2.23. The molecule has 0 spiro atoms. The molecule has 0 unspecified atom stereocenters. The molecule has 3 heteroatoms. The molecule has 0 radical (unpaired) electrons. The van der Waals surface area contributed by atoms with Crippen molar-refractivity contribution in [3.63, 3.8) is 0 Å². The summed E-state index contributed by atoms with van der Waals surface area (Å²) < 4.78 is 5.52. The number of benzene rings is 2. The van der Waals surface area contributed by atoms with Crippen LogP contribution in [-0.2, 0) is 6.54 Å². The number of fused-ring (bicyclic) bond motifs is 1. The molecule has 2 aromatic carbocycles. The van der Waals surface area contributed by atoms with Crippen molar-refractivity contribution >= 4 is 16.7 Å². The highest BCUT2D eigenvalue weighted by molar-refractivity contribution is 5.81. The number of rotatable bonds is 3. The Bertz CT molecular complexity index is 796. The molecule has 20 heavy (non-hydrogen) atoms. The van der Waals surface area contributed by atoms with Crippen molar-refractivity contribution in [2.24, 2.45) is 0 Å². The maximum atomic E-state index is 8.95. The number of hydrogen-bond donors (Lipinski definition) is 1. The predicted molar refractivity (Wildman–Crippen MR) is 79.4 cm³/mol. The number of para-hydroxylation sites is 1. The van der Waals surface area contributed by atoms with Gasteiger partial charge in [-0.05, 0) is 30.7 Å². The molecule has 0 saturated carbocycles. The normalized spacial score (nSPS) is 10.4. The smallest absolute Gasteiger partial charge is 0.134 e. The molecule has 0 saturated heterocycles. The number of anilines is 1. The van der Waals surface area contributed by atoms with Gasteiger partial charge in [-0.1, -0.05) is 24.3 Å². The summed E-state index contributed by atoms with van der Waals surface area (Å²) >= 11 is 0. The van der Waals surface area contributed by atoms with E-state index in [0.717, 1.165) is 27.8 Å². The molecule has 0 amide bonds. The molecule has 1 heterocycles. The Morgan fingerprint density at radius 2 is 2.05 bits per heavy atom. The summed E-state index contributed by atoms with van der Waals surface area (Å²) in [7, 11) is 0. The first-order valence-electron chi connectivity index (χ1n) is 6.47. The lowest BCUT2D eigenvalue weighted by atomic mass is 10.1. The molecule has 1 aromatic heterocycles. The molecule has 3 rings (SSSR count). The highest BCUT2D eigenvalue weighted by atomic mass is 16.3. The van der Waals surface area contributed by atoms with Gasteiger partial charge in [0.25, 0.3) is 0 Å². The van der Waals surface area contributed by atoms with E-state index in [1.165, 1.54) is 0 Å². The van der Waals surface area contributed by atoms with Gasteiger partial charge in [0.15, 0.2) is 0 Å². The Hall–Kier alpha value is -2.73. The summed E-state index contributed by atoms with van der Waals surface area (Å²) in [6.07, 6.45) is 1.78. The van der Waals surface area contributed by atoms with Crippen LogP contribution in [0.15, 0.2) is 53.1 Å². The second-order valence-electron chi connectivity index (χ2n) is 4.75. The molecule has 0 aliphatic heterocycles. The number of furan rings is 1. The van der Waals surface area contributed by atoms with Crippen LogP contribution in [-0.4, -0.2) is 0 Å². The number of aryl methyl sites for hydroxylation is 1. The van der Waals surface area contributed by atoms with Gasteiger partial charge in [-0.25, -0.2) is 0 Å². The second kappa shape index (κ2) is 5.10. The zero-order valence-corrected chi connectivity index (χ0v) is 11.2. The third-order valence-electron chi connectivity index (χ3n) is 3.40. The summed E-state index contributed by atoms with van der Waals surface area (Å²) in [4.78, 5) is 0. The van der Waals surface area contributed by atoms with Crippen LogP contribution < -0.4 is 5.32 Å². The van der Waals surface area contributed by atoms with E-state index in [2.05, 4.69) is 17.5 Å². The predicted octanol–water partition coefficient (Wildman–Crippen LogP) is 4.23. The van der Waals surface area contributed by atoms with Crippen molar-refractivity contribution in [2.75, 3.05) is 5.32 Å². The van der Waals surface area contributed by atoms with E-state index in [-0.39, 0.29) is 0 Å². The van der Waals surface area contributed by atoms with E-state index >= 15 is 0 Å². The third kappa shape index (κ3) is 2.24. The van der Waals surface area contributed by atoms with Gasteiger partial charge in [0.2, 0.25) is 0 Å². The minimum absolute atomic E-state index is 0.662. The minimum Gasteiger partial charge on any atom is -0.464 e. The van der Waals surface area contributed by atoms with Crippen molar-refractivity contribution in [2.45, 2.75) is 13.5 Å². The van der Waals surface area contributed by atoms with Crippen molar-refractivity contribution in [1.82, 2.24) is 0 Å². The quantitative estimate of drug-likeness (QED) is 0.768. The van der Waals surface area contributed by atoms with Crippen LogP contribution in [0.25, 0.3) is 11.0 Å². The largest absolute Gasteiger partial charge is 0.464 e. The zero-order chi connectivity index (χ0) is 13.9. The molecule has 0 aliphatic carbocycles. The van der Waals surface area contributed by atoms with Gasteiger partial charge in [0.05, 0.1) is 17.9 Å². The van der Waals surface area contributed by atoms with E-state index in [1.54, 1.807) is 6.26 Å². The average molecular weight is 262 g/mol. The van der Waals surface area contributed by atoms with Crippen molar-refractivity contribution in [3.8, 4) is 6.07 Å². The number of nitrogens with zero attached hydrogens (tertiary/aromatic N) is 1. The van der Waals surface area contributed by atoms with Crippen LogP contribution in [0.5, 0.6) is 0 Å². The lowest BCUT2D eigenvalue weighted by Gasteiger charge is -2.09. The summed E-state index contributed by atoms with van der Waals surface area (Å²) in [5, 5.41) is 13.4.